The molecular formula is C22H32N2O3. The summed E-state index contributed by atoms with van der Waals surface area (Å²) in [6, 6.07) is 9.08. The monoisotopic (exact) mass is 372 g/mol. The molecule has 1 saturated carbocycles. The largest absolute Gasteiger partial charge is 0.393 e. The fourth-order valence-electron chi connectivity index (χ4n) is 5.17. The molecule has 0 unspecified atom stereocenters. The highest BCUT2D eigenvalue weighted by Gasteiger charge is 2.39. The number of aryl methyl sites for hydroxylation is 1. The van der Waals surface area contributed by atoms with Crippen LogP contribution in [0.5, 0.6) is 0 Å². The summed E-state index contributed by atoms with van der Waals surface area (Å²) in [5, 5.41) is 10.3. The van der Waals surface area contributed by atoms with Crippen molar-refractivity contribution in [3.05, 3.63) is 29.8 Å². The number of para-hydroxylation sites is 1. The Bertz CT molecular complexity index is 665. The van der Waals surface area contributed by atoms with Crippen LogP contribution in [-0.2, 0) is 16.0 Å². The Balaban J connectivity index is 1.42. The molecule has 0 aromatic heterocycles. The summed E-state index contributed by atoms with van der Waals surface area (Å²) >= 11 is 0. The molecule has 1 N–H and O–H groups in total. The lowest BCUT2D eigenvalue weighted by atomic mass is 9.93. The average molecular weight is 373 g/mol. The van der Waals surface area contributed by atoms with Gasteiger partial charge in [0.1, 0.15) is 0 Å². The number of carbonyl (C=O) groups excluding carboxylic acids is 1. The van der Waals surface area contributed by atoms with E-state index in [1.165, 1.54) is 11.3 Å². The number of fused-ring (bicyclic) bond motifs is 1. The summed E-state index contributed by atoms with van der Waals surface area (Å²) in [7, 11) is 0. The van der Waals surface area contributed by atoms with Crippen LogP contribution in [0.25, 0.3) is 0 Å². The van der Waals surface area contributed by atoms with Gasteiger partial charge in [0.15, 0.2) is 0 Å². The molecule has 3 aliphatic rings. The highest BCUT2D eigenvalue weighted by Crippen LogP contribution is 2.33. The van der Waals surface area contributed by atoms with E-state index in [0.717, 1.165) is 38.6 Å². The molecule has 1 aliphatic carbocycles. The number of aliphatic hydroxyl groups excluding tert-OH is 1. The summed E-state index contributed by atoms with van der Waals surface area (Å²) in [6.07, 6.45) is 5.39. The first-order valence-electron chi connectivity index (χ1n) is 10.5. The second-order valence-electron chi connectivity index (χ2n) is 8.35. The number of nitrogens with zero attached hydrogens (tertiary/aromatic N) is 2. The van der Waals surface area contributed by atoms with Crippen LogP contribution in [-0.4, -0.2) is 60.4 Å². The summed E-state index contributed by atoms with van der Waals surface area (Å²) < 4.78 is 5.67. The van der Waals surface area contributed by atoms with E-state index in [1.54, 1.807) is 0 Å². The van der Waals surface area contributed by atoms with Crippen molar-refractivity contribution in [2.45, 2.75) is 63.6 Å². The molecule has 2 heterocycles. The van der Waals surface area contributed by atoms with E-state index < -0.39 is 0 Å². The number of hydrogen-bond acceptors (Lipinski definition) is 4. The normalized spacial score (nSPS) is 31.0. The molecule has 148 valence electrons. The zero-order valence-electron chi connectivity index (χ0n) is 16.3. The topological polar surface area (TPSA) is 53.0 Å². The fraction of sp³-hybridized carbons (Fsp3) is 0.682. The predicted molar refractivity (Wildman–Crippen MR) is 106 cm³/mol. The minimum Gasteiger partial charge on any atom is -0.393 e. The maximum absolute atomic E-state index is 13.1. The van der Waals surface area contributed by atoms with Crippen molar-refractivity contribution in [1.29, 1.82) is 0 Å². The Kier molecular flexibility index (Phi) is 5.69. The average Bonchev–Trinajstić information content (AvgIpc) is 3.12. The first kappa shape index (κ1) is 18.8. The number of morpholine rings is 1. The Labute approximate surface area is 162 Å². The maximum atomic E-state index is 13.1. The number of aliphatic hydroxyl groups is 1. The summed E-state index contributed by atoms with van der Waals surface area (Å²) in [5.74, 6) is 0.376. The predicted octanol–water partition coefficient (Wildman–Crippen LogP) is 2.61. The Morgan fingerprint density at radius 2 is 2.11 bits per heavy atom. The first-order valence-corrected chi connectivity index (χ1v) is 10.5. The highest BCUT2D eigenvalue weighted by atomic mass is 16.5. The van der Waals surface area contributed by atoms with Gasteiger partial charge in [-0.25, -0.2) is 0 Å². The molecule has 0 radical (unpaired) electrons. The summed E-state index contributed by atoms with van der Waals surface area (Å²) in [4.78, 5) is 17.5. The van der Waals surface area contributed by atoms with Crippen molar-refractivity contribution in [2.75, 3.05) is 31.2 Å². The molecule has 2 fully saturated rings. The van der Waals surface area contributed by atoms with Gasteiger partial charge in [0.05, 0.1) is 25.4 Å². The minimum atomic E-state index is -0.291. The van der Waals surface area contributed by atoms with Crippen LogP contribution >= 0.6 is 0 Å². The lowest BCUT2D eigenvalue weighted by Gasteiger charge is -2.41. The van der Waals surface area contributed by atoms with Crippen LogP contribution in [0.15, 0.2) is 24.3 Å². The third-order valence-electron chi connectivity index (χ3n) is 6.74. The lowest BCUT2D eigenvalue weighted by Crippen LogP contribution is -2.54. The van der Waals surface area contributed by atoms with Gasteiger partial charge in [-0.05, 0) is 44.2 Å². The molecule has 1 aromatic rings. The van der Waals surface area contributed by atoms with Gasteiger partial charge in [0.25, 0.3) is 0 Å². The Morgan fingerprint density at radius 1 is 1.26 bits per heavy atom. The van der Waals surface area contributed by atoms with Crippen LogP contribution in [0.4, 0.5) is 5.69 Å². The highest BCUT2D eigenvalue weighted by molar-refractivity contribution is 5.77. The van der Waals surface area contributed by atoms with Crippen molar-refractivity contribution >= 4 is 11.6 Å². The number of ether oxygens (including phenoxy) is 1. The molecule has 0 spiro atoms. The van der Waals surface area contributed by atoms with Gasteiger partial charge in [-0.3, -0.25) is 4.79 Å². The van der Waals surface area contributed by atoms with Crippen LogP contribution < -0.4 is 4.90 Å². The summed E-state index contributed by atoms with van der Waals surface area (Å²) in [5.41, 5.74) is 2.68. The molecule has 2 aliphatic heterocycles. The third-order valence-corrected chi connectivity index (χ3v) is 6.74. The third kappa shape index (κ3) is 3.85. The van der Waals surface area contributed by atoms with Gasteiger partial charge in [0.2, 0.25) is 5.91 Å². The van der Waals surface area contributed by atoms with Gasteiger partial charge in [-0.2, -0.15) is 0 Å². The van der Waals surface area contributed by atoms with Crippen molar-refractivity contribution < 1.29 is 14.6 Å². The standard InChI is InChI=1S/C22H32N2O3/c1-16-9-10-17-5-2-3-7-19(17)23(16)12-11-22(26)24-13-14-27-15-20(24)18-6-4-8-21(18)25/h2-3,5,7,16,18,20-21,25H,4,6,8-15H2,1H3/t16-,18-,20-,21+/m1/s1. The minimum absolute atomic E-state index is 0.0369. The first-order chi connectivity index (χ1) is 13.1. The molecule has 1 aromatic carbocycles. The van der Waals surface area contributed by atoms with E-state index in [4.69, 9.17) is 4.74 Å². The van der Waals surface area contributed by atoms with Crippen LogP contribution in [0.3, 0.4) is 0 Å². The van der Waals surface area contributed by atoms with Gasteiger partial charge in [-0.1, -0.05) is 24.6 Å². The number of benzene rings is 1. The molecule has 5 nitrogen and oxygen atoms in total. The van der Waals surface area contributed by atoms with Crippen molar-refractivity contribution in [1.82, 2.24) is 4.90 Å². The summed E-state index contributed by atoms with van der Waals surface area (Å²) in [6.45, 7) is 4.84. The second kappa shape index (κ2) is 8.19. The van der Waals surface area contributed by atoms with Gasteiger partial charge < -0.3 is 19.6 Å². The molecule has 1 amide bonds. The van der Waals surface area contributed by atoms with Crippen molar-refractivity contribution in [3.8, 4) is 0 Å². The molecule has 1 saturated heterocycles. The number of amides is 1. The van der Waals surface area contributed by atoms with E-state index in [0.29, 0.717) is 32.2 Å². The van der Waals surface area contributed by atoms with Gasteiger partial charge in [0, 0.05) is 37.2 Å². The Morgan fingerprint density at radius 3 is 2.93 bits per heavy atom. The number of hydrogen-bond donors (Lipinski definition) is 1. The zero-order valence-corrected chi connectivity index (χ0v) is 16.3. The lowest BCUT2D eigenvalue weighted by molar-refractivity contribution is -0.143. The fourth-order valence-corrected chi connectivity index (χ4v) is 5.17. The molecule has 27 heavy (non-hydrogen) atoms. The smallest absolute Gasteiger partial charge is 0.224 e. The van der Waals surface area contributed by atoms with E-state index in [2.05, 4.69) is 36.1 Å². The maximum Gasteiger partial charge on any atom is 0.224 e. The van der Waals surface area contributed by atoms with Gasteiger partial charge >= 0.3 is 0 Å². The number of anilines is 1. The molecule has 0 bridgehead atoms. The van der Waals surface area contributed by atoms with Gasteiger partial charge in [-0.15, -0.1) is 0 Å². The van der Waals surface area contributed by atoms with E-state index in [-0.39, 0.29) is 24.0 Å². The SMILES string of the molecule is C[C@@H]1CCc2ccccc2N1CCC(=O)N1CCOC[C@@H]1[C@H]1CCC[C@@H]1O. The quantitative estimate of drug-likeness (QED) is 0.883. The zero-order chi connectivity index (χ0) is 18.8. The Hall–Kier alpha value is -1.59. The van der Waals surface area contributed by atoms with Crippen molar-refractivity contribution in [3.63, 3.8) is 0 Å². The van der Waals surface area contributed by atoms with Crippen LogP contribution in [0.2, 0.25) is 0 Å². The number of carbonyl (C=O) groups is 1. The van der Waals surface area contributed by atoms with E-state index in [1.807, 2.05) is 4.90 Å². The molecular weight excluding hydrogens is 340 g/mol. The molecule has 4 rings (SSSR count). The second-order valence-corrected chi connectivity index (χ2v) is 8.35. The van der Waals surface area contributed by atoms with Crippen molar-refractivity contribution in [2.24, 2.45) is 5.92 Å². The van der Waals surface area contributed by atoms with Crippen LogP contribution in [0, 0.1) is 5.92 Å². The van der Waals surface area contributed by atoms with E-state index in [9.17, 15) is 9.90 Å². The molecule has 5 heteroatoms. The van der Waals surface area contributed by atoms with E-state index >= 15 is 0 Å². The number of rotatable bonds is 4. The van der Waals surface area contributed by atoms with Crippen LogP contribution in [0.1, 0.15) is 44.6 Å². The molecule has 4 atom stereocenters.